The van der Waals surface area contributed by atoms with Gasteiger partial charge in [-0.1, -0.05) is 45.9 Å². The number of thiazole rings is 1. The van der Waals surface area contributed by atoms with E-state index in [1.165, 1.54) is 23.1 Å². The van der Waals surface area contributed by atoms with E-state index in [1.54, 1.807) is 12.1 Å². The maximum Gasteiger partial charge on any atom is 0.255 e. The largest absolute Gasteiger partial charge is 0.325 e. The summed E-state index contributed by atoms with van der Waals surface area (Å²) in [7, 11) is 0. The van der Waals surface area contributed by atoms with Crippen molar-refractivity contribution in [1.82, 2.24) is 4.98 Å². The van der Waals surface area contributed by atoms with Gasteiger partial charge in [0.25, 0.3) is 5.91 Å². The zero-order chi connectivity index (χ0) is 20.9. The number of halogens is 1. The summed E-state index contributed by atoms with van der Waals surface area (Å²) in [5.74, 6) is 0.0316. The van der Waals surface area contributed by atoms with E-state index >= 15 is 0 Å². The lowest BCUT2D eigenvalue weighted by molar-refractivity contribution is -0.113. The maximum atomic E-state index is 12.3. The number of hydrogen-bond donors (Lipinski definition) is 2. The minimum Gasteiger partial charge on any atom is -0.325 e. The fourth-order valence-electron chi connectivity index (χ4n) is 2.69. The predicted molar refractivity (Wildman–Crippen MR) is 128 cm³/mol. The van der Waals surface area contributed by atoms with Gasteiger partial charge in [-0.3, -0.25) is 9.59 Å². The number of thioether (sulfide) groups is 1. The van der Waals surface area contributed by atoms with Gasteiger partial charge in [-0.25, -0.2) is 4.98 Å². The van der Waals surface area contributed by atoms with E-state index in [-0.39, 0.29) is 17.6 Å². The van der Waals surface area contributed by atoms with Crippen molar-refractivity contribution in [2.45, 2.75) is 4.34 Å². The molecule has 8 heteroatoms. The minimum atomic E-state index is -0.154. The van der Waals surface area contributed by atoms with Gasteiger partial charge in [0.05, 0.1) is 16.0 Å². The molecule has 0 spiro atoms. The SMILES string of the molecule is O=C(CSc1nc2ccc(NC(=O)c3ccccc3)cc2s1)Nc1ccc(Br)cc1. The molecule has 0 aliphatic heterocycles. The zero-order valence-electron chi connectivity index (χ0n) is 15.6. The van der Waals surface area contributed by atoms with Gasteiger partial charge in [0.15, 0.2) is 4.34 Å². The minimum absolute atomic E-state index is 0.0857. The first-order valence-corrected chi connectivity index (χ1v) is 11.6. The number of carbonyl (C=O) groups is 2. The van der Waals surface area contributed by atoms with Crippen LogP contribution < -0.4 is 10.6 Å². The van der Waals surface area contributed by atoms with Gasteiger partial charge in [0.1, 0.15) is 0 Å². The van der Waals surface area contributed by atoms with Crippen molar-refractivity contribution in [3.8, 4) is 0 Å². The molecule has 0 unspecified atom stereocenters. The van der Waals surface area contributed by atoms with Crippen LogP contribution in [0.3, 0.4) is 0 Å². The van der Waals surface area contributed by atoms with Crippen molar-refractivity contribution < 1.29 is 9.59 Å². The van der Waals surface area contributed by atoms with E-state index in [1.807, 2.05) is 60.7 Å². The quantitative estimate of drug-likeness (QED) is 0.318. The number of carbonyl (C=O) groups excluding carboxylic acids is 2. The zero-order valence-corrected chi connectivity index (χ0v) is 18.8. The lowest BCUT2D eigenvalue weighted by atomic mass is 10.2. The Morgan fingerprint density at radius 1 is 0.933 bits per heavy atom. The molecule has 3 aromatic carbocycles. The normalized spacial score (nSPS) is 10.7. The smallest absolute Gasteiger partial charge is 0.255 e. The van der Waals surface area contributed by atoms with Crippen LogP contribution in [0.15, 0.2) is 81.6 Å². The number of anilines is 2. The Labute approximate surface area is 190 Å². The Bertz CT molecular complexity index is 1190. The van der Waals surface area contributed by atoms with Gasteiger partial charge in [0.2, 0.25) is 5.91 Å². The highest BCUT2D eigenvalue weighted by molar-refractivity contribution is 9.10. The molecule has 0 atom stereocenters. The molecule has 0 aliphatic carbocycles. The van der Waals surface area contributed by atoms with Crippen LogP contribution in [-0.4, -0.2) is 22.6 Å². The van der Waals surface area contributed by atoms with E-state index in [9.17, 15) is 9.59 Å². The Morgan fingerprint density at radius 2 is 1.67 bits per heavy atom. The van der Waals surface area contributed by atoms with Crippen LogP contribution in [0.25, 0.3) is 10.2 Å². The summed E-state index contributed by atoms with van der Waals surface area (Å²) >= 11 is 6.26. The molecule has 0 saturated heterocycles. The Morgan fingerprint density at radius 3 is 2.43 bits per heavy atom. The number of benzene rings is 3. The van der Waals surface area contributed by atoms with Crippen LogP contribution in [0.4, 0.5) is 11.4 Å². The molecule has 1 aromatic heterocycles. The molecule has 0 bridgehead atoms. The molecule has 0 aliphatic rings. The first-order valence-electron chi connectivity index (χ1n) is 9.02. The van der Waals surface area contributed by atoms with Crippen LogP contribution in [0.1, 0.15) is 10.4 Å². The van der Waals surface area contributed by atoms with Crippen LogP contribution >= 0.6 is 39.0 Å². The third-order valence-corrected chi connectivity index (χ3v) is 6.81. The number of fused-ring (bicyclic) bond motifs is 1. The molecular formula is C22H16BrN3O2S2. The predicted octanol–water partition coefficient (Wildman–Crippen LogP) is 6.04. The summed E-state index contributed by atoms with van der Waals surface area (Å²) in [4.78, 5) is 29.1. The number of rotatable bonds is 6. The van der Waals surface area contributed by atoms with Crippen molar-refractivity contribution >= 4 is 72.4 Å². The standard InChI is InChI=1S/C22H16BrN3O2S2/c23-15-6-8-16(9-7-15)24-20(27)13-29-22-26-18-11-10-17(12-19(18)30-22)25-21(28)14-4-2-1-3-5-14/h1-12H,13H2,(H,24,27)(H,25,28). The lowest BCUT2D eigenvalue weighted by Gasteiger charge is -2.04. The maximum absolute atomic E-state index is 12.3. The highest BCUT2D eigenvalue weighted by Gasteiger charge is 2.10. The number of hydrogen-bond acceptors (Lipinski definition) is 5. The molecule has 4 rings (SSSR count). The van der Waals surface area contributed by atoms with Gasteiger partial charge in [-0.2, -0.15) is 0 Å². The summed E-state index contributed by atoms with van der Waals surface area (Å²) in [5, 5.41) is 5.77. The van der Waals surface area contributed by atoms with Gasteiger partial charge < -0.3 is 10.6 Å². The van der Waals surface area contributed by atoms with Gasteiger partial charge >= 0.3 is 0 Å². The van der Waals surface area contributed by atoms with Gasteiger partial charge in [-0.05, 0) is 54.6 Å². The summed E-state index contributed by atoms with van der Waals surface area (Å²) in [6, 6.07) is 22.1. The monoisotopic (exact) mass is 497 g/mol. The third kappa shape index (κ3) is 5.27. The molecule has 0 saturated carbocycles. The number of nitrogens with zero attached hydrogens (tertiary/aromatic N) is 1. The third-order valence-electron chi connectivity index (χ3n) is 4.12. The van der Waals surface area contributed by atoms with Crippen molar-refractivity contribution in [3.63, 3.8) is 0 Å². The number of aromatic nitrogens is 1. The first kappa shape index (κ1) is 20.6. The van der Waals surface area contributed by atoms with E-state index < -0.39 is 0 Å². The average Bonchev–Trinajstić information content (AvgIpc) is 3.17. The Hall–Kier alpha value is -2.68. The molecule has 150 valence electrons. The molecule has 0 radical (unpaired) electrons. The second-order valence-corrected chi connectivity index (χ2v) is 9.49. The molecule has 5 nitrogen and oxygen atoms in total. The highest BCUT2D eigenvalue weighted by atomic mass is 79.9. The second-order valence-electron chi connectivity index (χ2n) is 6.33. The van der Waals surface area contributed by atoms with Gasteiger partial charge in [-0.15, -0.1) is 11.3 Å². The van der Waals surface area contributed by atoms with Crippen LogP contribution in [0, 0.1) is 0 Å². The average molecular weight is 498 g/mol. The Kier molecular flexibility index (Phi) is 6.47. The summed E-state index contributed by atoms with van der Waals surface area (Å²) in [6.45, 7) is 0. The lowest BCUT2D eigenvalue weighted by Crippen LogP contribution is -2.13. The molecule has 30 heavy (non-hydrogen) atoms. The van der Waals surface area contributed by atoms with Crippen molar-refractivity contribution in [2.24, 2.45) is 0 Å². The topological polar surface area (TPSA) is 71.1 Å². The first-order chi connectivity index (χ1) is 14.6. The fraction of sp³-hybridized carbons (Fsp3) is 0.0455. The summed E-state index contributed by atoms with van der Waals surface area (Å²) in [6.07, 6.45) is 0. The molecular weight excluding hydrogens is 482 g/mol. The molecule has 4 aromatic rings. The van der Waals surface area contributed by atoms with Crippen molar-refractivity contribution in [2.75, 3.05) is 16.4 Å². The van der Waals surface area contributed by atoms with Crippen LogP contribution in [-0.2, 0) is 4.79 Å². The van der Waals surface area contributed by atoms with Gasteiger partial charge in [0, 0.05) is 21.4 Å². The fourth-order valence-corrected chi connectivity index (χ4v) is 4.87. The highest BCUT2D eigenvalue weighted by Crippen LogP contribution is 2.31. The van der Waals surface area contributed by atoms with E-state index in [0.717, 1.165) is 24.7 Å². The number of nitrogens with one attached hydrogen (secondary N) is 2. The molecule has 2 amide bonds. The van der Waals surface area contributed by atoms with Crippen molar-refractivity contribution in [1.29, 1.82) is 0 Å². The second kappa shape index (κ2) is 9.42. The van der Waals surface area contributed by atoms with Crippen molar-refractivity contribution in [3.05, 3.63) is 82.8 Å². The Balaban J connectivity index is 1.38. The van der Waals surface area contributed by atoms with Crippen LogP contribution in [0.2, 0.25) is 0 Å². The van der Waals surface area contributed by atoms with E-state index in [0.29, 0.717) is 11.3 Å². The van der Waals surface area contributed by atoms with E-state index in [4.69, 9.17) is 0 Å². The molecule has 1 heterocycles. The summed E-state index contributed by atoms with van der Waals surface area (Å²) in [5.41, 5.74) is 2.92. The summed E-state index contributed by atoms with van der Waals surface area (Å²) < 4.78 is 2.72. The van der Waals surface area contributed by atoms with Crippen LogP contribution in [0.5, 0.6) is 0 Å². The molecule has 0 fully saturated rings. The number of amides is 2. The van der Waals surface area contributed by atoms with E-state index in [2.05, 4.69) is 31.5 Å². The molecule has 2 N–H and O–H groups in total.